The number of hydrogen-bond acceptors (Lipinski definition) is 7. The van der Waals surface area contributed by atoms with Crippen molar-refractivity contribution in [1.82, 2.24) is 14.3 Å². The molecule has 1 aliphatic rings. The van der Waals surface area contributed by atoms with Crippen LogP contribution in [0.2, 0.25) is 0 Å². The molecule has 8 heteroatoms. The Morgan fingerprint density at radius 1 is 1.53 bits per heavy atom. The molecule has 1 aliphatic heterocycles. The summed E-state index contributed by atoms with van der Waals surface area (Å²) in [5.74, 6) is 0. The summed E-state index contributed by atoms with van der Waals surface area (Å²) in [6.07, 6.45) is 2.07. The molecule has 6 nitrogen and oxygen atoms in total. The molecule has 1 saturated heterocycles. The number of carbonyl (C=O) groups excluding carboxylic acids is 1. The van der Waals surface area contributed by atoms with Crippen LogP contribution in [-0.2, 0) is 4.74 Å². The molecule has 0 aromatic carbocycles. The first-order valence-electron chi connectivity index (χ1n) is 6.30. The van der Waals surface area contributed by atoms with Crippen LogP contribution in [0.3, 0.4) is 0 Å². The molecule has 0 radical (unpaired) electrons. The highest BCUT2D eigenvalue weighted by Gasteiger charge is 2.20. The van der Waals surface area contributed by atoms with E-state index < -0.39 is 0 Å². The first-order chi connectivity index (χ1) is 9.29. The molecule has 1 fully saturated rings. The van der Waals surface area contributed by atoms with Crippen molar-refractivity contribution in [3.8, 4) is 5.19 Å². The Morgan fingerprint density at radius 2 is 2.32 bits per heavy atom. The Bertz CT molecular complexity index is 408. The van der Waals surface area contributed by atoms with E-state index in [1.54, 1.807) is 4.90 Å². The van der Waals surface area contributed by atoms with E-state index in [2.05, 4.69) is 16.3 Å². The lowest BCUT2D eigenvalue weighted by molar-refractivity contribution is 0.0593. The van der Waals surface area contributed by atoms with E-state index in [1.165, 1.54) is 11.5 Å². The van der Waals surface area contributed by atoms with Gasteiger partial charge in [0.25, 0.3) is 10.4 Å². The topological polar surface area (TPSA) is 64.5 Å². The summed E-state index contributed by atoms with van der Waals surface area (Å²) in [7, 11) is 0. The zero-order chi connectivity index (χ0) is 13.5. The number of ether oxygens (including phenoxy) is 2. The largest absolute Gasteiger partial charge is 0.469 e. The Hall–Kier alpha value is -0.860. The smallest absolute Gasteiger partial charge is 0.293 e. The second-order valence-electron chi connectivity index (χ2n) is 4.01. The maximum atomic E-state index is 12.0. The van der Waals surface area contributed by atoms with Crippen molar-refractivity contribution >= 4 is 28.5 Å². The predicted molar refractivity (Wildman–Crippen MR) is 74.0 cm³/mol. The van der Waals surface area contributed by atoms with Gasteiger partial charge in [-0.3, -0.25) is 4.79 Å². The molecule has 2 rings (SSSR count). The summed E-state index contributed by atoms with van der Waals surface area (Å²) in [4.78, 5) is 17.9. The summed E-state index contributed by atoms with van der Waals surface area (Å²) < 4.78 is 14.8. The van der Waals surface area contributed by atoms with Crippen LogP contribution in [0, 0.1) is 0 Å². The molecule has 0 atom stereocenters. The van der Waals surface area contributed by atoms with Gasteiger partial charge in [-0.25, -0.2) is 0 Å². The van der Waals surface area contributed by atoms with Crippen molar-refractivity contribution in [2.75, 3.05) is 32.9 Å². The molecule has 0 aliphatic carbocycles. The Labute approximate surface area is 120 Å². The first-order valence-corrected chi connectivity index (χ1v) is 7.89. The lowest BCUT2D eigenvalue weighted by Crippen LogP contribution is -2.38. The fourth-order valence-electron chi connectivity index (χ4n) is 1.49. The number of aromatic nitrogens is 2. The fourth-order valence-corrected chi connectivity index (χ4v) is 2.86. The van der Waals surface area contributed by atoms with E-state index in [0.717, 1.165) is 24.6 Å². The summed E-state index contributed by atoms with van der Waals surface area (Å²) in [5, 5.41) is 0.972. The lowest BCUT2D eigenvalue weighted by atomic mass is 10.4. The average Bonchev–Trinajstić information content (AvgIpc) is 2.88. The highest BCUT2D eigenvalue weighted by Crippen LogP contribution is 2.24. The fraction of sp³-hybridized carbons (Fsp3) is 0.727. The number of carbonyl (C=O) groups is 1. The minimum absolute atomic E-state index is 0.0267. The molecule has 1 aromatic heterocycles. The SMILES string of the molecule is CCCCOc1nc(SC(=O)N2CCOCC2)ns1. The summed E-state index contributed by atoms with van der Waals surface area (Å²) in [5.41, 5.74) is 0. The number of thioether (sulfide) groups is 1. The average molecular weight is 303 g/mol. The Balaban J connectivity index is 1.80. The highest BCUT2D eigenvalue weighted by atomic mass is 32.2. The zero-order valence-electron chi connectivity index (χ0n) is 10.8. The standard InChI is InChI=1S/C11H17N3O3S2/c1-2-3-6-17-10-12-9(13-19-10)18-11(15)14-4-7-16-8-5-14/h2-8H2,1H3. The molecule has 0 unspecified atom stereocenters. The van der Waals surface area contributed by atoms with Gasteiger partial charge in [0, 0.05) is 36.4 Å². The predicted octanol–water partition coefficient (Wildman–Crippen LogP) is 2.26. The highest BCUT2D eigenvalue weighted by molar-refractivity contribution is 8.13. The maximum Gasteiger partial charge on any atom is 0.293 e. The molecule has 0 saturated carbocycles. The number of nitrogens with zero attached hydrogens (tertiary/aromatic N) is 3. The molecular formula is C11H17N3O3S2. The molecule has 1 amide bonds. The van der Waals surface area contributed by atoms with Crippen molar-refractivity contribution in [3.05, 3.63) is 0 Å². The van der Waals surface area contributed by atoms with Gasteiger partial charge >= 0.3 is 0 Å². The van der Waals surface area contributed by atoms with E-state index >= 15 is 0 Å². The van der Waals surface area contributed by atoms with E-state index in [9.17, 15) is 4.79 Å². The van der Waals surface area contributed by atoms with Crippen LogP contribution in [0.4, 0.5) is 4.79 Å². The van der Waals surface area contributed by atoms with E-state index in [4.69, 9.17) is 9.47 Å². The number of morpholine rings is 1. The minimum atomic E-state index is -0.0267. The van der Waals surface area contributed by atoms with Crippen molar-refractivity contribution in [2.24, 2.45) is 0 Å². The molecule has 2 heterocycles. The minimum Gasteiger partial charge on any atom is -0.469 e. The van der Waals surface area contributed by atoms with E-state index in [0.29, 0.717) is 43.3 Å². The van der Waals surface area contributed by atoms with Crippen LogP contribution >= 0.6 is 23.3 Å². The molecule has 0 bridgehead atoms. The molecule has 0 spiro atoms. The number of rotatable bonds is 5. The van der Waals surface area contributed by atoms with Crippen molar-refractivity contribution < 1.29 is 14.3 Å². The van der Waals surface area contributed by atoms with Gasteiger partial charge < -0.3 is 14.4 Å². The van der Waals surface area contributed by atoms with Crippen LogP contribution in [0.1, 0.15) is 19.8 Å². The lowest BCUT2D eigenvalue weighted by Gasteiger charge is -2.25. The number of amides is 1. The van der Waals surface area contributed by atoms with Crippen molar-refractivity contribution in [1.29, 1.82) is 0 Å². The quantitative estimate of drug-likeness (QED) is 0.614. The first kappa shape index (κ1) is 14.5. The maximum absolute atomic E-state index is 12.0. The Kier molecular flexibility index (Phi) is 5.87. The van der Waals surface area contributed by atoms with Gasteiger partial charge in [0.15, 0.2) is 0 Å². The van der Waals surface area contributed by atoms with Gasteiger partial charge in [-0.15, -0.1) is 0 Å². The Morgan fingerprint density at radius 3 is 3.05 bits per heavy atom. The van der Waals surface area contributed by atoms with Crippen LogP contribution in [-0.4, -0.2) is 52.4 Å². The third kappa shape index (κ3) is 4.63. The second kappa shape index (κ2) is 7.66. The van der Waals surface area contributed by atoms with Crippen LogP contribution < -0.4 is 4.74 Å². The molecule has 0 N–H and O–H groups in total. The molecule has 19 heavy (non-hydrogen) atoms. The molecule has 1 aromatic rings. The van der Waals surface area contributed by atoms with Gasteiger partial charge in [-0.1, -0.05) is 13.3 Å². The van der Waals surface area contributed by atoms with Crippen LogP contribution in [0.5, 0.6) is 5.19 Å². The summed E-state index contributed by atoms with van der Waals surface area (Å²) >= 11 is 2.24. The summed E-state index contributed by atoms with van der Waals surface area (Å²) in [6, 6.07) is 0. The number of unbranched alkanes of at least 4 members (excludes halogenated alkanes) is 1. The summed E-state index contributed by atoms with van der Waals surface area (Å²) in [6.45, 7) is 5.22. The zero-order valence-corrected chi connectivity index (χ0v) is 12.5. The van der Waals surface area contributed by atoms with Crippen LogP contribution in [0.25, 0.3) is 0 Å². The van der Waals surface area contributed by atoms with Crippen molar-refractivity contribution in [3.63, 3.8) is 0 Å². The van der Waals surface area contributed by atoms with E-state index in [-0.39, 0.29) is 5.24 Å². The second-order valence-corrected chi connectivity index (χ2v) is 5.65. The molecule has 106 valence electrons. The third-order valence-corrected chi connectivity index (χ3v) is 4.10. The van der Waals surface area contributed by atoms with Gasteiger partial charge in [-0.05, 0) is 6.42 Å². The van der Waals surface area contributed by atoms with Gasteiger partial charge in [-0.2, -0.15) is 9.36 Å². The third-order valence-electron chi connectivity index (χ3n) is 2.56. The van der Waals surface area contributed by atoms with Gasteiger partial charge in [0.05, 0.1) is 19.8 Å². The van der Waals surface area contributed by atoms with Crippen LogP contribution in [0.15, 0.2) is 5.16 Å². The van der Waals surface area contributed by atoms with E-state index in [1.807, 2.05) is 0 Å². The van der Waals surface area contributed by atoms with Gasteiger partial charge in [0.1, 0.15) is 0 Å². The van der Waals surface area contributed by atoms with Gasteiger partial charge in [0.2, 0.25) is 5.16 Å². The number of hydrogen-bond donors (Lipinski definition) is 0. The molecular weight excluding hydrogens is 286 g/mol. The monoisotopic (exact) mass is 303 g/mol. The van der Waals surface area contributed by atoms with Crippen molar-refractivity contribution in [2.45, 2.75) is 24.9 Å². The normalized spacial score (nSPS) is 15.5.